The molecule has 0 spiro atoms. The van der Waals surface area contributed by atoms with Crippen LogP contribution in [0.25, 0.3) is 0 Å². The van der Waals surface area contributed by atoms with E-state index in [-0.39, 0.29) is 11.3 Å². The maximum atomic E-state index is 12.4. The van der Waals surface area contributed by atoms with Crippen molar-refractivity contribution in [3.05, 3.63) is 0 Å². The number of hydrogen-bond donors (Lipinski definition) is 1. The third-order valence-corrected chi connectivity index (χ3v) is 6.49. The Morgan fingerprint density at radius 1 is 1.53 bits per heavy atom. The van der Waals surface area contributed by atoms with Crippen molar-refractivity contribution in [3.63, 3.8) is 0 Å². The number of piperidine rings is 1. The molecular formula is C11H24N2O2S2. The fraction of sp³-hybridized carbons (Fsp3) is 1.00. The summed E-state index contributed by atoms with van der Waals surface area (Å²) in [6.45, 7) is 3.53. The summed E-state index contributed by atoms with van der Waals surface area (Å²) in [5.74, 6) is 1.00. The van der Waals surface area contributed by atoms with Gasteiger partial charge in [-0.3, -0.25) is 0 Å². The topological polar surface area (TPSA) is 49.4 Å². The molecule has 1 rings (SSSR count). The van der Waals surface area contributed by atoms with Crippen molar-refractivity contribution < 1.29 is 8.42 Å². The molecule has 0 aliphatic carbocycles. The van der Waals surface area contributed by atoms with Crippen LogP contribution >= 0.6 is 11.8 Å². The Morgan fingerprint density at radius 3 is 2.76 bits per heavy atom. The van der Waals surface area contributed by atoms with Gasteiger partial charge in [-0.1, -0.05) is 0 Å². The monoisotopic (exact) mass is 280 g/mol. The van der Waals surface area contributed by atoms with E-state index in [9.17, 15) is 8.42 Å². The average molecular weight is 280 g/mol. The van der Waals surface area contributed by atoms with Crippen LogP contribution in [0.15, 0.2) is 0 Å². The zero-order chi connectivity index (χ0) is 12.9. The Kier molecular flexibility index (Phi) is 6.26. The summed E-state index contributed by atoms with van der Waals surface area (Å²) in [6, 6.07) is 0.0920. The van der Waals surface area contributed by atoms with Gasteiger partial charge < -0.3 is 5.32 Å². The summed E-state index contributed by atoms with van der Waals surface area (Å²) >= 11 is 1.76. The van der Waals surface area contributed by atoms with E-state index in [0.29, 0.717) is 6.54 Å². The molecule has 1 aliphatic heterocycles. The average Bonchev–Trinajstić information content (AvgIpc) is 2.36. The molecule has 17 heavy (non-hydrogen) atoms. The summed E-state index contributed by atoms with van der Waals surface area (Å²) in [5, 5.41) is 2.93. The van der Waals surface area contributed by atoms with Gasteiger partial charge in [0.25, 0.3) is 0 Å². The third kappa shape index (κ3) is 4.12. The number of sulfonamides is 1. The van der Waals surface area contributed by atoms with Gasteiger partial charge in [-0.05, 0) is 44.7 Å². The van der Waals surface area contributed by atoms with Gasteiger partial charge in [0.2, 0.25) is 10.0 Å². The number of nitrogens with one attached hydrogen (secondary N) is 1. The Bertz CT molecular complexity index is 313. The molecule has 1 saturated heterocycles. The molecule has 0 bridgehead atoms. The fourth-order valence-electron chi connectivity index (χ4n) is 2.03. The summed E-state index contributed by atoms with van der Waals surface area (Å²) in [7, 11) is -1.41. The second kappa shape index (κ2) is 6.97. The standard InChI is InChI=1S/C11H24N2O2S2/c1-10(6-8-16-3)13(2)17(14,15)11-5-4-7-12-9-11/h10-12H,4-9H2,1-3H3. The third-order valence-electron chi connectivity index (χ3n) is 3.43. The lowest BCUT2D eigenvalue weighted by atomic mass is 10.2. The quantitative estimate of drug-likeness (QED) is 0.793. The highest BCUT2D eigenvalue weighted by Gasteiger charge is 2.32. The number of thioether (sulfide) groups is 1. The lowest BCUT2D eigenvalue weighted by Crippen LogP contribution is -2.47. The largest absolute Gasteiger partial charge is 0.315 e. The smallest absolute Gasteiger partial charge is 0.218 e. The van der Waals surface area contributed by atoms with Crippen molar-refractivity contribution >= 4 is 21.8 Å². The van der Waals surface area contributed by atoms with E-state index in [2.05, 4.69) is 5.32 Å². The van der Waals surface area contributed by atoms with Gasteiger partial charge in [0.1, 0.15) is 0 Å². The molecule has 0 saturated carbocycles. The molecule has 0 aromatic carbocycles. The molecule has 2 atom stereocenters. The maximum absolute atomic E-state index is 12.4. The molecule has 1 aliphatic rings. The Labute approximate surface area is 110 Å². The molecule has 1 N–H and O–H groups in total. The van der Waals surface area contributed by atoms with Gasteiger partial charge >= 0.3 is 0 Å². The van der Waals surface area contributed by atoms with E-state index >= 15 is 0 Å². The van der Waals surface area contributed by atoms with Crippen LogP contribution in [-0.2, 0) is 10.0 Å². The van der Waals surface area contributed by atoms with Gasteiger partial charge in [0.05, 0.1) is 5.25 Å². The summed E-state index contributed by atoms with van der Waals surface area (Å²) in [6.07, 6.45) is 4.70. The highest BCUT2D eigenvalue weighted by atomic mass is 32.2. The lowest BCUT2D eigenvalue weighted by Gasteiger charge is -2.31. The molecule has 0 radical (unpaired) electrons. The first-order valence-electron chi connectivity index (χ1n) is 6.16. The first kappa shape index (κ1) is 15.3. The van der Waals surface area contributed by atoms with E-state index < -0.39 is 10.0 Å². The van der Waals surface area contributed by atoms with E-state index in [1.807, 2.05) is 13.2 Å². The normalized spacial score (nSPS) is 23.9. The van der Waals surface area contributed by atoms with Crippen LogP contribution in [-0.4, -0.2) is 56.2 Å². The van der Waals surface area contributed by atoms with Crippen molar-refractivity contribution in [2.75, 3.05) is 32.1 Å². The minimum atomic E-state index is -3.13. The van der Waals surface area contributed by atoms with Crippen LogP contribution in [0.1, 0.15) is 26.2 Å². The maximum Gasteiger partial charge on any atom is 0.218 e. The van der Waals surface area contributed by atoms with Crippen molar-refractivity contribution in [1.29, 1.82) is 0 Å². The zero-order valence-electron chi connectivity index (χ0n) is 11.0. The molecule has 6 heteroatoms. The van der Waals surface area contributed by atoms with E-state index in [1.54, 1.807) is 23.1 Å². The van der Waals surface area contributed by atoms with Crippen molar-refractivity contribution in [1.82, 2.24) is 9.62 Å². The first-order valence-corrected chi connectivity index (χ1v) is 9.06. The predicted molar refractivity (Wildman–Crippen MR) is 75.0 cm³/mol. The molecule has 1 fully saturated rings. The summed E-state index contributed by atoms with van der Waals surface area (Å²) in [5.41, 5.74) is 0. The van der Waals surface area contributed by atoms with E-state index in [1.165, 1.54) is 0 Å². The van der Waals surface area contributed by atoms with Crippen molar-refractivity contribution in [2.45, 2.75) is 37.5 Å². The molecule has 0 amide bonds. The second-order valence-electron chi connectivity index (χ2n) is 4.66. The van der Waals surface area contributed by atoms with Crippen LogP contribution in [0.3, 0.4) is 0 Å². The van der Waals surface area contributed by atoms with Crippen LogP contribution in [0.5, 0.6) is 0 Å². The summed E-state index contributed by atoms with van der Waals surface area (Å²) in [4.78, 5) is 0. The molecule has 1 heterocycles. The van der Waals surface area contributed by atoms with Crippen LogP contribution in [0.4, 0.5) is 0 Å². The molecule has 2 unspecified atom stereocenters. The number of nitrogens with zero attached hydrogens (tertiary/aromatic N) is 1. The van der Waals surface area contributed by atoms with Crippen molar-refractivity contribution in [3.8, 4) is 0 Å². The highest BCUT2D eigenvalue weighted by Crippen LogP contribution is 2.19. The fourth-order valence-corrected chi connectivity index (χ4v) is 4.48. The molecule has 0 aromatic rings. The van der Waals surface area contributed by atoms with Crippen LogP contribution < -0.4 is 5.32 Å². The highest BCUT2D eigenvalue weighted by molar-refractivity contribution is 7.98. The summed E-state index contributed by atoms with van der Waals surface area (Å²) < 4.78 is 26.3. The van der Waals surface area contributed by atoms with Gasteiger partial charge in [-0.2, -0.15) is 11.8 Å². The Hall–Kier alpha value is 0.220. The van der Waals surface area contributed by atoms with E-state index in [0.717, 1.165) is 31.6 Å². The predicted octanol–water partition coefficient (Wildman–Crippen LogP) is 1.14. The first-order chi connectivity index (χ1) is 8.00. The van der Waals surface area contributed by atoms with E-state index in [4.69, 9.17) is 0 Å². The lowest BCUT2D eigenvalue weighted by molar-refractivity contribution is 0.367. The Balaban J connectivity index is 2.61. The molecule has 102 valence electrons. The van der Waals surface area contributed by atoms with Gasteiger partial charge in [0.15, 0.2) is 0 Å². The SMILES string of the molecule is CSCCC(C)N(C)S(=O)(=O)C1CCCNC1. The van der Waals surface area contributed by atoms with Gasteiger partial charge in [0, 0.05) is 19.6 Å². The molecule has 4 nitrogen and oxygen atoms in total. The molecular weight excluding hydrogens is 256 g/mol. The van der Waals surface area contributed by atoms with Gasteiger partial charge in [-0.15, -0.1) is 0 Å². The Morgan fingerprint density at radius 2 is 2.24 bits per heavy atom. The molecule has 0 aromatic heterocycles. The second-order valence-corrected chi connectivity index (χ2v) is 7.92. The van der Waals surface area contributed by atoms with Crippen LogP contribution in [0, 0.1) is 0 Å². The van der Waals surface area contributed by atoms with Gasteiger partial charge in [-0.25, -0.2) is 12.7 Å². The zero-order valence-corrected chi connectivity index (χ0v) is 12.6. The van der Waals surface area contributed by atoms with Crippen molar-refractivity contribution in [2.24, 2.45) is 0 Å². The number of rotatable bonds is 6. The minimum absolute atomic E-state index is 0.0920. The number of hydrogen-bond acceptors (Lipinski definition) is 4. The van der Waals surface area contributed by atoms with Crippen LogP contribution in [0.2, 0.25) is 0 Å². The minimum Gasteiger partial charge on any atom is -0.315 e.